The van der Waals surface area contributed by atoms with Crippen LogP contribution >= 0.6 is 0 Å². The van der Waals surface area contributed by atoms with Gasteiger partial charge in [0.15, 0.2) is 0 Å². The van der Waals surface area contributed by atoms with Crippen molar-refractivity contribution >= 4 is 32.8 Å². The molecule has 172 valence electrons. The third kappa shape index (κ3) is 5.26. The molecule has 7 heteroatoms. The molecule has 1 saturated heterocycles. The summed E-state index contributed by atoms with van der Waals surface area (Å²) >= 11 is 0. The van der Waals surface area contributed by atoms with Gasteiger partial charge in [-0.05, 0) is 47.0 Å². The maximum Gasteiger partial charge on any atom is 0.236 e. The minimum Gasteiger partial charge on any atom is -0.497 e. The number of benzene rings is 3. The first-order valence-electron chi connectivity index (χ1n) is 11.0. The Hall–Kier alpha value is -3.16. The van der Waals surface area contributed by atoms with Gasteiger partial charge in [0, 0.05) is 31.6 Å². The van der Waals surface area contributed by atoms with E-state index in [2.05, 4.69) is 0 Å². The molecule has 1 aliphatic heterocycles. The van der Waals surface area contributed by atoms with Gasteiger partial charge in [0.05, 0.1) is 13.0 Å². The van der Waals surface area contributed by atoms with Gasteiger partial charge in [-0.25, -0.2) is 8.42 Å². The number of carbonyl (C=O) groups is 1. The summed E-state index contributed by atoms with van der Waals surface area (Å²) in [6.07, 6.45) is 1.60. The largest absolute Gasteiger partial charge is 0.497 e. The van der Waals surface area contributed by atoms with E-state index in [1.807, 2.05) is 73.7 Å². The summed E-state index contributed by atoms with van der Waals surface area (Å²) in [4.78, 5) is 14.9. The summed E-state index contributed by atoms with van der Waals surface area (Å²) in [5.41, 5.74) is 1.77. The number of hydrogen-bond acceptors (Lipinski definition) is 4. The van der Waals surface area contributed by atoms with Gasteiger partial charge in [0.1, 0.15) is 5.75 Å². The molecule has 33 heavy (non-hydrogen) atoms. The molecule has 6 nitrogen and oxygen atoms in total. The fourth-order valence-corrected chi connectivity index (χ4v) is 5.21. The minimum absolute atomic E-state index is 0.0136. The van der Waals surface area contributed by atoms with Crippen LogP contribution < -0.4 is 4.74 Å². The van der Waals surface area contributed by atoms with E-state index in [4.69, 9.17) is 4.74 Å². The first-order valence-corrected chi connectivity index (χ1v) is 12.5. The Morgan fingerprint density at radius 3 is 2.30 bits per heavy atom. The Morgan fingerprint density at radius 2 is 1.61 bits per heavy atom. The standard InChI is InChI=1S/C26H28N2O4S/c1-20(22-8-9-24-19-25(32-2)11-10-23(24)18-22)26(29)27-13-15-28(16-14-27)33(30,31)17-12-21-6-4-3-5-7-21/h3-12,17-20H,13-16H2,1-2H3/b17-12+/t20-/m0/s1. The number of rotatable bonds is 6. The van der Waals surface area contributed by atoms with Gasteiger partial charge >= 0.3 is 0 Å². The quantitative estimate of drug-likeness (QED) is 0.551. The van der Waals surface area contributed by atoms with Crippen LogP contribution in [0.2, 0.25) is 0 Å². The summed E-state index contributed by atoms with van der Waals surface area (Å²) in [6.45, 7) is 3.24. The molecule has 3 aromatic rings. The molecule has 1 amide bonds. The van der Waals surface area contributed by atoms with Gasteiger partial charge in [-0.2, -0.15) is 4.31 Å². The minimum atomic E-state index is -3.53. The molecule has 0 bridgehead atoms. The second-order valence-electron chi connectivity index (χ2n) is 8.18. The second kappa shape index (κ2) is 9.77. The van der Waals surface area contributed by atoms with Crippen molar-refractivity contribution in [2.45, 2.75) is 12.8 Å². The molecule has 0 aromatic heterocycles. The van der Waals surface area contributed by atoms with Gasteiger partial charge < -0.3 is 9.64 Å². The molecule has 4 rings (SSSR count). The van der Waals surface area contributed by atoms with E-state index in [1.54, 1.807) is 18.1 Å². The highest BCUT2D eigenvalue weighted by Gasteiger charge is 2.29. The Morgan fingerprint density at radius 1 is 0.939 bits per heavy atom. The topological polar surface area (TPSA) is 66.9 Å². The number of methoxy groups -OCH3 is 1. The molecule has 1 fully saturated rings. The van der Waals surface area contributed by atoms with E-state index in [0.29, 0.717) is 13.1 Å². The smallest absolute Gasteiger partial charge is 0.236 e. The highest BCUT2D eigenvalue weighted by atomic mass is 32.2. The third-order valence-electron chi connectivity index (χ3n) is 6.08. The van der Waals surface area contributed by atoms with E-state index in [9.17, 15) is 13.2 Å². The van der Waals surface area contributed by atoms with E-state index in [0.717, 1.165) is 27.6 Å². The lowest BCUT2D eigenvalue weighted by atomic mass is 9.96. The van der Waals surface area contributed by atoms with Crippen LogP contribution in [-0.2, 0) is 14.8 Å². The fraction of sp³-hybridized carbons (Fsp3) is 0.269. The summed E-state index contributed by atoms with van der Waals surface area (Å²) in [6, 6.07) is 21.2. The number of nitrogens with zero attached hydrogens (tertiary/aromatic N) is 2. The van der Waals surface area contributed by atoms with Crippen LogP contribution in [0.15, 0.2) is 72.1 Å². The first-order chi connectivity index (χ1) is 15.9. The molecule has 0 radical (unpaired) electrons. The van der Waals surface area contributed by atoms with Crippen LogP contribution in [0.3, 0.4) is 0 Å². The van der Waals surface area contributed by atoms with Crippen molar-refractivity contribution in [3.63, 3.8) is 0 Å². The van der Waals surface area contributed by atoms with Crippen molar-refractivity contribution in [1.29, 1.82) is 0 Å². The van der Waals surface area contributed by atoms with Crippen molar-refractivity contribution in [3.8, 4) is 5.75 Å². The molecule has 0 unspecified atom stereocenters. The number of hydrogen-bond donors (Lipinski definition) is 0. The predicted octanol–water partition coefficient (Wildman–Crippen LogP) is 4.10. The number of piperazine rings is 1. The predicted molar refractivity (Wildman–Crippen MR) is 131 cm³/mol. The molecule has 0 saturated carbocycles. The molecular formula is C26H28N2O4S. The monoisotopic (exact) mass is 464 g/mol. The maximum absolute atomic E-state index is 13.1. The SMILES string of the molecule is COc1ccc2cc([C@H](C)C(=O)N3CCN(S(=O)(=O)/C=C/c4ccccc4)CC3)ccc2c1. The fourth-order valence-electron chi connectivity index (χ4n) is 4.03. The average Bonchev–Trinajstić information content (AvgIpc) is 2.86. The Kier molecular flexibility index (Phi) is 6.81. The molecule has 1 atom stereocenters. The van der Waals surface area contributed by atoms with Crippen molar-refractivity contribution in [2.75, 3.05) is 33.3 Å². The maximum atomic E-state index is 13.1. The number of fused-ring (bicyclic) bond motifs is 1. The van der Waals surface area contributed by atoms with Crippen LogP contribution in [0.4, 0.5) is 0 Å². The summed E-state index contributed by atoms with van der Waals surface area (Å²) in [7, 11) is -1.89. The third-order valence-corrected chi connectivity index (χ3v) is 7.65. The van der Waals surface area contributed by atoms with Gasteiger partial charge in [0.25, 0.3) is 0 Å². The van der Waals surface area contributed by atoms with Crippen molar-refractivity contribution in [3.05, 3.63) is 83.3 Å². The number of carbonyl (C=O) groups excluding carboxylic acids is 1. The van der Waals surface area contributed by atoms with Gasteiger partial charge in [-0.15, -0.1) is 0 Å². The van der Waals surface area contributed by atoms with Gasteiger partial charge in [0.2, 0.25) is 15.9 Å². The number of sulfonamides is 1. The van der Waals surface area contributed by atoms with E-state index >= 15 is 0 Å². The number of ether oxygens (including phenoxy) is 1. The second-order valence-corrected chi connectivity index (χ2v) is 10.00. The summed E-state index contributed by atoms with van der Waals surface area (Å²) < 4.78 is 32.1. The average molecular weight is 465 g/mol. The Labute approximate surface area is 195 Å². The first kappa shape index (κ1) is 23.0. The van der Waals surface area contributed by atoms with Crippen LogP contribution in [-0.4, -0.2) is 56.8 Å². The lowest BCUT2D eigenvalue weighted by molar-refractivity contribution is -0.133. The Bertz CT molecular complexity index is 1260. The lowest BCUT2D eigenvalue weighted by Crippen LogP contribution is -2.51. The van der Waals surface area contributed by atoms with Crippen molar-refractivity contribution < 1.29 is 17.9 Å². The Balaban J connectivity index is 1.39. The van der Waals surface area contributed by atoms with Crippen LogP contribution in [0.5, 0.6) is 5.75 Å². The van der Waals surface area contributed by atoms with Gasteiger partial charge in [-0.3, -0.25) is 4.79 Å². The lowest BCUT2D eigenvalue weighted by Gasteiger charge is -2.34. The molecule has 0 spiro atoms. The zero-order valence-corrected chi connectivity index (χ0v) is 19.7. The molecule has 0 N–H and O–H groups in total. The zero-order chi connectivity index (χ0) is 23.4. The van der Waals surface area contributed by atoms with Gasteiger partial charge in [-0.1, -0.05) is 54.6 Å². The number of amides is 1. The molecule has 0 aliphatic carbocycles. The molecule has 1 aliphatic rings. The highest BCUT2D eigenvalue weighted by molar-refractivity contribution is 7.92. The normalized spacial score (nSPS) is 16.2. The summed E-state index contributed by atoms with van der Waals surface area (Å²) in [5, 5.41) is 3.35. The van der Waals surface area contributed by atoms with Crippen molar-refractivity contribution in [2.24, 2.45) is 0 Å². The zero-order valence-electron chi connectivity index (χ0n) is 18.8. The molecule has 1 heterocycles. The van der Waals surface area contributed by atoms with Crippen LogP contribution in [0, 0.1) is 0 Å². The van der Waals surface area contributed by atoms with E-state index in [-0.39, 0.29) is 24.9 Å². The van der Waals surface area contributed by atoms with Crippen LogP contribution in [0.25, 0.3) is 16.8 Å². The van der Waals surface area contributed by atoms with E-state index < -0.39 is 10.0 Å². The molecular weight excluding hydrogens is 436 g/mol. The highest BCUT2D eigenvalue weighted by Crippen LogP contribution is 2.26. The van der Waals surface area contributed by atoms with E-state index in [1.165, 1.54) is 9.71 Å². The molecule has 3 aromatic carbocycles. The van der Waals surface area contributed by atoms with Crippen LogP contribution in [0.1, 0.15) is 24.0 Å². The summed E-state index contributed by atoms with van der Waals surface area (Å²) in [5.74, 6) is 0.503. The van der Waals surface area contributed by atoms with Crippen molar-refractivity contribution in [1.82, 2.24) is 9.21 Å².